The van der Waals surface area contributed by atoms with Gasteiger partial charge >= 0.3 is 5.97 Å². The van der Waals surface area contributed by atoms with E-state index < -0.39 is 21.8 Å². The van der Waals surface area contributed by atoms with Crippen LogP contribution in [0.5, 0.6) is 0 Å². The number of benzene rings is 2. The van der Waals surface area contributed by atoms with Gasteiger partial charge in [0.25, 0.3) is 10.0 Å². The average Bonchev–Trinajstić information content (AvgIpc) is 2.66. The second-order valence-electron chi connectivity index (χ2n) is 7.59. The number of anilines is 1. The van der Waals surface area contributed by atoms with E-state index in [2.05, 4.69) is 4.72 Å². The molecule has 0 unspecified atom stereocenters. The Morgan fingerprint density at radius 3 is 2.63 bits per heavy atom. The molecule has 2 N–H and O–H groups in total. The fourth-order valence-corrected chi connectivity index (χ4v) is 4.90. The maximum absolute atomic E-state index is 13.8. The third kappa shape index (κ3) is 4.88. The van der Waals surface area contributed by atoms with Crippen molar-refractivity contribution in [2.45, 2.75) is 30.6 Å². The Balaban J connectivity index is 2.02. The number of aryl methyl sites for hydroxylation is 1. The minimum absolute atomic E-state index is 0.0115. The van der Waals surface area contributed by atoms with Crippen LogP contribution in [-0.4, -0.2) is 45.0 Å². The number of rotatable bonds is 7. The molecule has 0 atom stereocenters. The summed E-state index contributed by atoms with van der Waals surface area (Å²) in [5.74, 6) is -1.73. The molecular formula is C22H25FN2O4S. The van der Waals surface area contributed by atoms with Crippen molar-refractivity contribution in [3.8, 4) is 0 Å². The summed E-state index contributed by atoms with van der Waals surface area (Å²) < 4.78 is 42.4. The zero-order chi connectivity index (χ0) is 21.9. The molecule has 2 aromatic carbocycles. The van der Waals surface area contributed by atoms with Crippen LogP contribution in [0.25, 0.3) is 6.08 Å². The van der Waals surface area contributed by atoms with Crippen molar-refractivity contribution in [1.82, 2.24) is 4.90 Å². The summed E-state index contributed by atoms with van der Waals surface area (Å²) in [6.07, 6.45) is 6.50. The predicted molar refractivity (Wildman–Crippen MR) is 115 cm³/mol. The van der Waals surface area contributed by atoms with Gasteiger partial charge in [-0.15, -0.1) is 0 Å². The van der Waals surface area contributed by atoms with Crippen molar-refractivity contribution in [2.75, 3.05) is 25.4 Å². The smallest absolute Gasteiger partial charge is 0.338 e. The van der Waals surface area contributed by atoms with Crippen LogP contribution in [0.1, 0.15) is 39.9 Å². The van der Waals surface area contributed by atoms with E-state index in [1.807, 2.05) is 19.0 Å². The Kier molecular flexibility index (Phi) is 6.58. The van der Waals surface area contributed by atoms with Gasteiger partial charge in [0.2, 0.25) is 0 Å². The number of hydrogen-bond acceptors (Lipinski definition) is 4. The average molecular weight is 433 g/mol. The lowest BCUT2D eigenvalue weighted by molar-refractivity contribution is 0.0696. The number of aromatic carboxylic acids is 1. The van der Waals surface area contributed by atoms with Crippen molar-refractivity contribution in [3.05, 3.63) is 64.5 Å². The van der Waals surface area contributed by atoms with Crippen molar-refractivity contribution in [1.29, 1.82) is 0 Å². The molecule has 3 rings (SSSR count). The van der Waals surface area contributed by atoms with Gasteiger partial charge in [0.15, 0.2) is 0 Å². The lowest BCUT2D eigenvalue weighted by Crippen LogP contribution is -2.19. The fourth-order valence-electron chi connectivity index (χ4n) is 3.64. The third-order valence-electron chi connectivity index (χ3n) is 5.02. The van der Waals surface area contributed by atoms with Gasteiger partial charge in [0.1, 0.15) is 5.82 Å². The summed E-state index contributed by atoms with van der Waals surface area (Å²) in [6.45, 7) is 0.553. The van der Waals surface area contributed by atoms with Crippen LogP contribution in [0.2, 0.25) is 0 Å². The van der Waals surface area contributed by atoms with Gasteiger partial charge in [-0.1, -0.05) is 18.2 Å². The molecule has 2 aromatic rings. The van der Waals surface area contributed by atoms with Gasteiger partial charge in [0, 0.05) is 6.54 Å². The second kappa shape index (κ2) is 8.97. The second-order valence-corrected chi connectivity index (χ2v) is 9.24. The summed E-state index contributed by atoms with van der Waals surface area (Å²) >= 11 is 0. The first-order valence-electron chi connectivity index (χ1n) is 9.71. The molecule has 0 aliphatic heterocycles. The van der Waals surface area contributed by atoms with E-state index in [1.54, 1.807) is 18.2 Å². The summed E-state index contributed by atoms with van der Waals surface area (Å²) in [5, 5.41) is 9.75. The van der Waals surface area contributed by atoms with Crippen LogP contribution < -0.4 is 4.72 Å². The SMILES string of the molecule is CN(C)C/C=C/c1cc(F)ccc1S(=O)(=O)Nc1ccc2c(c1C(=O)O)CCCC2. The molecule has 0 spiro atoms. The number of carboxylic acid groups (broad SMARTS) is 1. The number of halogens is 1. The van der Waals surface area contributed by atoms with E-state index in [-0.39, 0.29) is 21.7 Å². The van der Waals surface area contributed by atoms with Crippen LogP contribution in [0.3, 0.4) is 0 Å². The molecule has 6 nitrogen and oxygen atoms in total. The van der Waals surface area contributed by atoms with Crippen molar-refractivity contribution in [3.63, 3.8) is 0 Å². The van der Waals surface area contributed by atoms with Gasteiger partial charge in [-0.05, 0) is 80.7 Å². The molecular weight excluding hydrogens is 407 g/mol. The van der Waals surface area contributed by atoms with E-state index in [4.69, 9.17) is 0 Å². The number of sulfonamides is 1. The van der Waals surface area contributed by atoms with E-state index in [9.17, 15) is 22.7 Å². The van der Waals surface area contributed by atoms with Crippen molar-refractivity contribution < 1.29 is 22.7 Å². The zero-order valence-corrected chi connectivity index (χ0v) is 17.8. The molecule has 0 heterocycles. The zero-order valence-electron chi connectivity index (χ0n) is 17.0. The standard InChI is InChI=1S/C22H25FN2O4S/c1-25(2)13-5-7-16-14-17(23)10-12-20(16)30(28,29)24-19-11-9-15-6-3-4-8-18(15)21(19)22(26)27/h5,7,9-12,14,24H,3-4,6,8,13H2,1-2H3,(H,26,27)/b7-5+. The molecule has 8 heteroatoms. The number of carboxylic acids is 1. The Bertz CT molecular complexity index is 1090. The number of hydrogen-bond donors (Lipinski definition) is 2. The van der Waals surface area contributed by atoms with E-state index in [1.165, 1.54) is 12.1 Å². The summed E-state index contributed by atoms with van der Waals surface area (Å²) in [7, 11) is -0.419. The number of nitrogens with zero attached hydrogens (tertiary/aromatic N) is 1. The monoisotopic (exact) mass is 432 g/mol. The first-order valence-corrected chi connectivity index (χ1v) is 11.2. The van der Waals surface area contributed by atoms with E-state index in [0.717, 1.165) is 37.0 Å². The Hall–Kier alpha value is -2.71. The first kappa shape index (κ1) is 22.0. The van der Waals surface area contributed by atoms with Gasteiger partial charge in [-0.2, -0.15) is 0 Å². The van der Waals surface area contributed by atoms with Crippen LogP contribution in [0.15, 0.2) is 41.3 Å². The molecule has 0 saturated carbocycles. The molecule has 0 saturated heterocycles. The summed E-state index contributed by atoms with van der Waals surface area (Å²) in [6, 6.07) is 6.68. The number of carbonyl (C=O) groups is 1. The molecule has 0 bridgehead atoms. The van der Waals surface area contributed by atoms with E-state index >= 15 is 0 Å². The maximum Gasteiger partial charge on any atom is 0.338 e. The molecule has 0 fully saturated rings. The van der Waals surface area contributed by atoms with Crippen molar-refractivity contribution >= 4 is 27.8 Å². The molecule has 0 aromatic heterocycles. The first-order chi connectivity index (χ1) is 14.2. The highest BCUT2D eigenvalue weighted by Gasteiger charge is 2.25. The highest BCUT2D eigenvalue weighted by Crippen LogP contribution is 2.32. The van der Waals surface area contributed by atoms with Gasteiger partial charge in [0.05, 0.1) is 16.1 Å². The number of likely N-dealkylation sites (N-methyl/N-ethyl adjacent to an activating group) is 1. The van der Waals surface area contributed by atoms with Gasteiger partial charge in [-0.25, -0.2) is 17.6 Å². The number of fused-ring (bicyclic) bond motifs is 1. The Labute approximate surface area is 176 Å². The molecule has 0 radical (unpaired) electrons. The Morgan fingerprint density at radius 2 is 1.93 bits per heavy atom. The largest absolute Gasteiger partial charge is 0.478 e. The van der Waals surface area contributed by atoms with Crippen LogP contribution in [0.4, 0.5) is 10.1 Å². The fraction of sp³-hybridized carbons (Fsp3) is 0.318. The lowest BCUT2D eigenvalue weighted by Gasteiger charge is -2.21. The topological polar surface area (TPSA) is 86.7 Å². The molecule has 1 aliphatic carbocycles. The molecule has 0 amide bonds. The predicted octanol–water partition coefficient (Wildman–Crippen LogP) is 3.78. The minimum atomic E-state index is -4.14. The quantitative estimate of drug-likeness (QED) is 0.695. The lowest BCUT2D eigenvalue weighted by atomic mass is 9.87. The van der Waals surface area contributed by atoms with Gasteiger partial charge < -0.3 is 10.0 Å². The van der Waals surface area contributed by atoms with Crippen LogP contribution in [-0.2, 0) is 22.9 Å². The summed E-state index contributed by atoms with van der Waals surface area (Å²) in [5.41, 5.74) is 1.83. The number of nitrogens with one attached hydrogen (secondary N) is 1. The van der Waals surface area contributed by atoms with Crippen LogP contribution in [0, 0.1) is 5.82 Å². The van der Waals surface area contributed by atoms with Crippen LogP contribution >= 0.6 is 0 Å². The molecule has 160 valence electrons. The maximum atomic E-state index is 13.8. The highest BCUT2D eigenvalue weighted by atomic mass is 32.2. The minimum Gasteiger partial charge on any atom is -0.478 e. The third-order valence-corrected chi connectivity index (χ3v) is 6.46. The van der Waals surface area contributed by atoms with Gasteiger partial charge in [-0.3, -0.25) is 4.72 Å². The summed E-state index contributed by atoms with van der Waals surface area (Å²) in [4.78, 5) is 13.7. The highest BCUT2D eigenvalue weighted by molar-refractivity contribution is 7.92. The van der Waals surface area contributed by atoms with Crippen molar-refractivity contribution in [2.24, 2.45) is 0 Å². The normalized spacial score (nSPS) is 14.1. The van der Waals surface area contributed by atoms with E-state index in [0.29, 0.717) is 18.5 Å². The molecule has 30 heavy (non-hydrogen) atoms. The molecule has 1 aliphatic rings. The Morgan fingerprint density at radius 1 is 1.20 bits per heavy atom.